The third-order valence-corrected chi connectivity index (χ3v) is 4.02. The molecule has 0 radical (unpaired) electrons. The molecule has 2 unspecified atom stereocenters. The number of thioether (sulfide) groups is 1. The first-order valence-corrected chi connectivity index (χ1v) is 6.67. The molecule has 0 aromatic carbocycles. The molecule has 0 saturated carbocycles. The Morgan fingerprint density at radius 1 is 1.50 bits per heavy atom. The van der Waals surface area contributed by atoms with Gasteiger partial charge in [-0.2, -0.15) is 0 Å². The summed E-state index contributed by atoms with van der Waals surface area (Å²) in [5, 5.41) is 11.9. The minimum absolute atomic E-state index is 0.0750. The fourth-order valence-electron chi connectivity index (χ4n) is 2.29. The van der Waals surface area contributed by atoms with E-state index in [1.165, 1.54) is 0 Å². The highest BCUT2D eigenvalue weighted by molar-refractivity contribution is 7.99. The van der Waals surface area contributed by atoms with Gasteiger partial charge in [-0.3, -0.25) is 14.9 Å². The molecule has 2 saturated heterocycles. The van der Waals surface area contributed by atoms with E-state index in [-0.39, 0.29) is 24.4 Å². The Bertz CT molecular complexity index is 292. The maximum absolute atomic E-state index is 12.1. The van der Waals surface area contributed by atoms with Crippen LogP contribution in [0.15, 0.2) is 0 Å². The predicted octanol–water partition coefficient (Wildman–Crippen LogP) is 0.115. The van der Waals surface area contributed by atoms with Gasteiger partial charge < -0.3 is 10.0 Å². The van der Waals surface area contributed by atoms with Gasteiger partial charge >= 0.3 is 5.97 Å². The zero-order valence-electron chi connectivity index (χ0n) is 9.02. The van der Waals surface area contributed by atoms with E-state index in [9.17, 15) is 9.59 Å². The van der Waals surface area contributed by atoms with Crippen molar-refractivity contribution in [1.82, 2.24) is 10.2 Å². The van der Waals surface area contributed by atoms with Crippen LogP contribution in [0, 0.1) is 0 Å². The number of carbonyl (C=O) groups is 2. The van der Waals surface area contributed by atoms with Gasteiger partial charge in [-0.1, -0.05) is 0 Å². The van der Waals surface area contributed by atoms with Crippen LogP contribution in [0.4, 0.5) is 0 Å². The number of rotatable bonds is 3. The van der Waals surface area contributed by atoms with E-state index in [1.807, 2.05) is 0 Å². The lowest BCUT2D eigenvalue weighted by molar-refractivity contribution is -0.140. The number of aliphatic carboxylic acids is 1. The smallest absolute Gasteiger partial charge is 0.305 e. The minimum Gasteiger partial charge on any atom is -0.481 e. The average molecular weight is 244 g/mol. The van der Waals surface area contributed by atoms with Crippen LogP contribution in [0.25, 0.3) is 0 Å². The first-order chi connectivity index (χ1) is 7.68. The van der Waals surface area contributed by atoms with E-state index < -0.39 is 5.97 Å². The summed E-state index contributed by atoms with van der Waals surface area (Å²) in [4.78, 5) is 24.5. The van der Waals surface area contributed by atoms with Crippen molar-refractivity contribution in [1.29, 1.82) is 0 Å². The molecule has 2 rings (SSSR count). The van der Waals surface area contributed by atoms with Gasteiger partial charge in [0.15, 0.2) is 0 Å². The number of nitrogens with zero attached hydrogens (tertiary/aromatic N) is 1. The number of nitrogens with one attached hydrogen (secondary N) is 1. The number of hydrogen-bond acceptors (Lipinski definition) is 4. The molecule has 0 aromatic rings. The Labute approximate surface area is 98.6 Å². The van der Waals surface area contributed by atoms with Crippen LogP contribution in [0.3, 0.4) is 0 Å². The number of carbonyl (C=O) groups excluding carboxylic acids is 1. The van der Waals surface area contributed by atoms with Crippen molar-refractivity contribution in [3.8, 4) is 0 Å². The second-order valence-electron chi connectivity index (χ2n) is 4.20. The molecule has 2 aliphatic rings. The molecule has 2 fully saturated rings. The monoisotopic (exact) mass is 244 g/mol. The van der Waals surface area contributed by atoms with Crippen LogP contribution >= 0.6 is 11.8 Å². The molecule has 2 N–H and O–H groups in total. The van der Waals surface area contributed by atoms with Crippen LogP contribution in [0.1, 0.15) is 19.3 Å². The molecule has 0 aromatic heterocycles. The number of amides is 1. The lowest BCUT2D eigenvalue weighted by Gasteiger charge is -2.26. The van der Waals surface area contributed by atoms with Gasteiger partial charge in [-0.15, -0.1) is 11.8 Å². The standard InChI is InChI=1S/C10H16N2O3S/c13-9(14)4-7-2-1-3-12(7)10(15)8-5-16-6-11-8/h7-8,11H,1-6H2,(H,13,14). The fourth-order valence-corrected chi connectivity index (χ4v) is 3.23. The zero-order chi connectivity index (χ0) is 11.5. The summed E-state index contributed by atoms with van der Waals surface area (Å²) >= 11 is 1.71. The summed E-state index contributed by atoms with van der Waals surface area (Å²) in [5.41, 5.74) is 0. The van der Waals surface area contributed by atoms with Gasteiger partial charge in [0.1, 0.15) is 0 Å². The van der Waals surface area contributed by atoms with E-state index in [1.54, 1.807) is 16.7 Å². The molecule has 6 heteroatoms. The Morgan fingerprint density at radius 3 is 2.94 bits per heavy atom. The number of hydrogen-bond donors (Lipinski definition) is 2. The highest BCUT2D eigenvalue weighted by atomic mass is 32.2. The summed E-state index contributed by atoms with van der Waals surface area (Å²) in [6.07, 6.45) is 1.81. The van der Waals surface area contributed by atoms with Crippen LogP contribution in [-0.2, 0) is 9.59 Å². The van der Waals surface area contributed by atoms with Crippen molar-refractivity contribution in [3.63, 3.8) is 0 Å². The van der Waals surface area contributed by atoms with Crippen LogP contribution in [0.2, 0.25) is 0 Å². The third kappa shape index (κ3) is 2.49. The fraction of sp³-hybridized carbons (Fsp3) is 0.800. The first kappa shape index (κ1) is 11.7. The minimum atomic E-state index is -0.821. The third-order valence-electron chi connectivity index (χ3n) is 3.08. The van der Waals surface area contributed by atoms with Crippen molar-refractivity contribution in [2.75, 3.05) is 18.2 Å². The van der Waals surface area contributed by atoms with Crippen molar-refractivity contribution < 1.29 is 14.7 Å². The molecular formula is C10H16N2O3S. The van der Waals surface area contributed by atoms with Crippen LogP contribution in [0.5, 0.6) is 0 Å². The topological polar surface area (TPSA) is 69.6 Å². The van der Waals surface area contributed by atoms with Crippen molar-refractivity contribution >= 4 is 23.6 Å². The molecule has 2 aliphatic heterocycles. The molecule has 0 aliphatic carbocycles. The van der Waals surface area contributed by atoms with Crippen molar-refractivity contribution in [3.05, 3.63) is 0 Å². The van der Waals surface area contributed by atoms with Gasteiger partial charge in [0.05, 0.1) is 12.5 Å². The summed E-state index contributed by atoms with van der Waals surface area (Å²) in [6, 6.07) is -0.211. The van der Waals surface area contributed by atoms with Crippen molar-refractivity contribution in [2.45, 2.75) is 31.3 Å². The predicted molar refractivity (Wildman–Crippen MR) is 61.2 cm³/mol. The molecule has 2 heterocycles. The van der Waals surface area contributed by atoms with E-state index in [4.69, 9.17) is 5.11 Å². The van der Waals surface area contributed by atoms with Gasteiger partial charge in [-0.25, -0.2) is 0 Å². The van der Waals surface area contributed by atoms with Gasteiger partial charge in [-0.05, 0) is 12.8 Å². The number of carboxylic acids is 1. The Balaban J connectivity index is 1.95. The van der Waals surface area contributed by atoms with E-state index in [2.05, 4.69) is 5.32 Å². The summed E-state index contributed by atoms with van der Waals surface area (Å²) in [5.74, 6) is 0.871. The zero-order valence-corrected chi connectivity index (χ0v) is 9.83. The molecule has 1 amide bonds. The van der Waals surface area contributed by atoms with E-state index >= 15 is 0 Å². The van der Waals surface area contributed by atoms with Gasteiger partial charge in [0.2, 0.25) is 5.91 Å². The Hall–Kier alpha value is -0.750. The number of carboxylic acid groups (broad SMARTS) is 1. The normalized spacial score (nSPS) is 29.6. The molecule has 0 spiro atoms. The van der Waals surface area contributed by atoms with Crippen LogP contribution in [-0.4, -0.2) is 52.1 Å². The molecule has 90 valence electrons. The largest absolute Gasteiger partial charge is 0.481 e. The molecule has 0 bridgehead atoms. The second-order valence-corrected chi connectivity index (χ2v) is 5.23. The molecular weight excluding hydrogens is 228 g/mol. The molecule has 5 nitrogen and oxygen atoms in total. The average Bonchev–Trinajstić information content (AvgIpc) is 2.84. The lowest BCUT2D eigenvalue weighted by Crippen LogP contribution is -2.47. The highest BCUT2D eigenvalue weighted by Crippen LogP contribution is 2.23. The highest BCUT2D eigenvalue weighted by Gasteiger charge is 2.35. The number of likely N-dealkylation sites (tertiary alicyclic amines) is 1. The SMILES string of the molecule is O=C(O)CC1CCCN1C(=O)C1CSCN1. The first-order valence-electron chi connectivity index (χ1n) is 5.52. The van der Waals surface area contributed by atoms with Crippen molar-refractivity contribution in [2.24, 2.45) is 0 Å². The van der Waals surface area contributed by atoms with Gasteiger partial charge in [0, 0.05) is 24.2 Å². The molecule has 16 heavy (non-hydrogen) atoms. The quantitative estimate of drug-likeness (QED) is 0.737. The maximum Gasteiger partial charge on any atom is 0.305 e. The summed E-state index contributed by atoms with van der Waals surface area (Å²) in [7, 11) is 0. The van der Waals surface area contributed by atoms with E-state index in [0.717, 1.165) is 24.5 Å². The van der Waals surface area contributed by atoms with Crippen LogP contribution < -0.4 is 5.32 Å². The second kappa shape index (κ2) is 5.05. The van der Waals surface area contributed by atoms with Gasteiger partial charge in [0.25, 0.3) is 0 Å². The Kier molecular flexibility index (Phi) is 3.70. The Morgan fingerprint density at radius 2 is 2.31 bits per heavy atom. The summed E-state index contributed by atoms with van der Waals surface area (Å²) in [6.45, 7) is 0.708. The summed E-state index contributed by atoms with van der Waals surface area (Å²) < 4.78 is 0. The molecule has 2 atom stereocenters. The van der Waals surface area contributed by atoms with E-state index in [0.29, 0.717) is 6.54 Å². The maximum atomic E-state index is 12.1. The lowest BCUT2D eigenvalue weighted by atomic mass is 10.1.